The Morgan fingerprint density at radius 1 is 1.18 bits per heavy atom. The van der Waals surface area contributed by atoms with Crippen molar-refractivity contribution in [1.82, 2.24) is 20.5 Å². The number of aryl methyl sites for hydroxylation is 1. The number of nitrogens with one attached hydrogen (secondary N) is 2. The number of hydrogen-bond donors (Lipinski definition) is 2. The Morgan fingerprint density at radius 2 is 1.85 bits per heavy atom. The topological polar surface area (TPSA) is 82.8 Å². The van der Waals surface area contributed by atoms with Crippen molar-refractivity contribution < 1.29 is 9.21 Å². The Morgan fingerprint density at radius 3 is 2.45 bits per heavy atom. The number of rotatable bonds is 8. The first-order chi connectivity index (χ1) is 15.5. The SMILES string of the molecule is CCNC(=NCc1ncc(-c2ccc(C)cc2)o1)NC1CCN(C(=O)C(CC)CC)CC1.I. The van der Waals surface area contributed by atoms with Gasteiger partial charge in [0.15, 0.2) is 11.7 Å². The fraction of sp³-hybridized carbons (Fsp3) is 0.560. The summed E-state index contributed by atoms with van der Waals surface area (Å²) in [6.45, 7) is 11.0. The molecule has 2 heterocycles. The van der Waals surface area contributed by atoms with Gasteiger partial charge in [-0.3, -0.25) is 4.79 Å². The first kappa shape index (κ1) is 27.1. The van der Waals surface area contributed by atoms with Crippen LogP contribution >= 0.6 is 24.0 Å². The van der Waals surface area contributed by atoms with Gasteiger partial charge in [0.1, 0.15) is 6.54 Å². The highest BCUT2D eigenvalue weighted by atomic mass is 127. The highest BCUT2D eigenvalue weighted by Crippen LogP contribution is 2.21. The summed E-state index contributed by atoms with van der Waals surface area (Å²) in [5, 5.41) is 6.82. The molecular weight excluding hydrogens is 529 g/mol. The fourth-order valence-electron chi connectivity index (χ4n) is 4.04. The van der Waals surface area contributed by atoms with E-state index in [0.717, 1.165) is 62.6 Å². The van der Waals surface area contributed by atoms with E-state index in [4.69, 9.17) is 4.42 Å². The van der Waals surface area contributed by atoms with E-state index in [9.17, 15) is 4.79 Å². The van der Waals surface area contributed by atoms with Crippen LogP contribution in [0.2, 0.25) is 0 Å². The summed E-state index contributed by atoms with van der Waals surface area (Å²) in [6.07, 6.45) is 5.43. The highest BCUT2D eigenvalue weighted by molar-refractivity contribution is 14.0. The zero-order valence-electron chi connectivity index (χ0n) is 20.3. The van der Waals surface area contributed by atoms with Crippen molar-refractivity contribution in [2.75, 3.05) is 19.6 Å². The van der Waals surface area contributed by atoms with Crippen molar-refractivity contribution in [3.8, 4) is 11.3 Å². The number of aromatic nitrogens is 1. The zero-order valence-corrected chi connectivity index (χ0v) is 22.6. The van der Waals surface area contributed by atoms with Gasteiger partial charge in [0.2, 0.25) is 11.8 Å². The van der Waals surface area contributed by atoms with Crippen LogP contribution in [0.5, 0.6) is 0 Å². The van der Waals surface area contributed by atoms with Crippen LogP contribution in [0.25, 0.3) is 11.3 Å². The number of carbonyl (C=O) groups excluding carboxylic acids is 1. The van der Waals surface area contributed by atoms with E-state index in [1.54, 1.807) is 6.20 Å². The molecule has 0 bridgehead atoms. The zero-order chi connectivity index (χ0) is 22.9. The molecule has 0 spiro atoms. The maximum absolute atomic E-state index is 12.6. The van der Waals surface area contributed by atoms with Crippen LogP contribution in [0.4, 0.5) is 0 Å². The smallest absolute Gasteiger partial charge is 0.225 e. The molecule has 1 aliphatic rings. The van der Waals surface area contributed by atoms with Gasteiger partial charge in [0.25, 0.3) is 0 Å². The molecule has 1 aromatic carbocycles. The van der Waals surface area contributed by atoms with Gasteiger partial charge in [-0.25, -0.2) is 9.98 Å². The number of amides is 1. The number of likely N-dealkylation sites (tertiary alicyclic amines) is 1. The number of oxazole rings is 1. The second kappa shape index (κ2) is 13.6. The molecule has 0 radical (unpaired) electrons. The summed E-state index contributed by atoms with van der Waals surface area (Å²) in [7, 11) is 0. The third-order valence-electron chi connectivity index (χ3n) is 6.09. The van der Waals surface area contributed by atoms with Gasteiger partial charge in [-0.1, -0.05) is 43.7 Å². The maximum atomic E-state index is 12.6. The molecule has 33 heavy (non-hydrogen) atoms. The minimum atomic E-state index is 0. The molecule has 8 heteroatoms. The molecule has 1 aromatic heterocycles. The molecule has 0 aliphatic carbocycles. The summed E-state index contributed by atoms with van der Waals surface area (Å²) in [5.74, 6) is 2.56. The second-order valence-electron chi connectivity index (χ2n) is 8.44. The van der Waals surface area contributed by atoms with Gasteiger partial charge in [0, 0.05) is 37.2 Å². The lowest BCUT2D eigenvalue weighted by Gasteiger charge is -2.34. The standard InChI is InChI=1S/C25H37N5O2.HI/c1-5-19(6-2)24(31)30-14-12-21(13-15-30)29-25(26-7-3)28-17-23-27-16-22(32-23)20-10-8-18(4)9-11-20;/h8-11,16,19,21H,5-7,12-15,17H2,1-4H3,(H2,26,28,29);1H. The third-order valence-corrected chi connectivity index (χ3v) is 6.09. The fourth-order valence-corrected chi connectivity index (χ4v) is 4.04. The molecule has 1 aliphatic heterocycles. The molecule has 2 N–H and O–H groups in total. The molecule has 2 aromatic rings. The van der Waals surface area contributed by atoms with Crippen molar-refractivity contribution in [3.05, 3.63) is 41.9 Å². The van der Waals surface area contributed by atoms with Crippen LogP contribution in [0.3, 0.4) is 0 Å². The van der Waals surface area contributed by atoms with Gasteiger partial charge in [0.05, 0.1) is 6.20 Å². The molecule has 1 saturated heterocycles. The molecule has 3 rings (SSSR count). The molecule has 0 atom stereocenters. The number of carbonyl (C=O) groups is 1. The van der Waals surface area contributed by atoms with Crippen molar-refractivity contribution in [1.29, 1.82) is 0 Å². The Kier molecular flexibility index (Phi) is 11.2. The summed E-state index contributed by atoms with van der Waals surface area (Å²) < 4.78 is 5.89. The van der Waals surface area contributed by atoms with E-state index < -0.39 is 0 Å². The lowest BCUT2D eigenvalue weighted by atomic mass is 9.98. The Balaban J connectivity index is 0.00000385. The molecule has 7 nitrogen and oxygen atoms in total. The Labute approximate surface area is 214 Å². The van der Waals surface area contributed by atoms with Gasteiger partial charge >= 0.3 is 0 Å². The van der Waals surface area contributed by atoms with Crippen LogP contribution in [0, 0.1) is 12.8 Å². The number of nitrogens with zero attached hydrogens (tertiary/aromatic N) is 3. The number of hydrogen-bond acceptors (Lipinski definition) is 4. The average molecular weight is 568 g/mol. The molecule has 1 amide bonds. The van der Waals surface area contributed by atoms with E-state index in [1.807, 2.05) is 17.0 Å². The van der Waals surface area contributed by atoms with Gasteiger partial charge in [-0.2, -0.15) is 0 Å². The minimum Gasteiger partial charge on any atom is -0.439 e. The predicted molar refractivity (Wildman–Crippen MR) is 144 cm³/mol. The summed E-state index contributed by atoms with van der Waals surface area (Å²) >= 11 is 0. The summed E-state index contributed by atoms with van der Waals surface area (Å²) in [5.41, 5.74) is 2.23. The quantitative estimate of drug-likeness (QED) is 0.274. The summed E-state index contributed by atoms with van der Waals surface area (Å²) in [4.78, 5) is 23.7. The van der Waals surface area contributed by atoms with Gasteiger partial charge < -0.3 is 20.0 Å². The first-order valence-electron chi connectivity index (χ1n) is 11.9. The first-order valence-corrected chi connectivity index (χ1v) is 11.9. The van der Waals surface area contributed by atoms with E-state index in [2.05, 4.69) is 60.4 Å². The van der Waals surface area contributed by atoms with Crippen LogP contribution in [-0.2, 0) is 11.3 Å². The Hall–Kier alpha value is -2.10. The van der Waals surface area contributed by atoms with E-state index in [1.165, 1.54) is 5.56 Å². The summed E-state index contributed by atoms with van der Waals surface area (Å²) in [6, 6.07) is 8.49. The van der Waals surface area contributed by atoms with E-state index >= 15 is 0 Å². The highest BCUT2D eigenvalue weighted by Gasteiger charge is 2.26. The average Bonchev–Trinajstić information content (AvgIpc) is 3.28. The monoisotopic (exact) mass is 567 g/mol. The lowest BCUT2D eigenvalue weighted by Crippen LogP contribution is -2.50. The maximum Gasteiger partial charge on any atom is 0.225 e. The molecule has 182 valence electrons. The van der Waals surface area contributed by atoms with Crippen molar-refractivity contribution in [2.45, 2.75) is 66.0 Å². The largest absolute Gasteiger partial charge is 0.439 e. The number of aliphatic imine (C=N–C) groups is 1. The van der Waals surface area contributed by atoms with Crippen LogP contribution in [0.1, 0.15) is 57.9 Å². The third kappa shape index (κ3) is 7.72. The van der Waals surface area contributed by atoms with E-state index in [-0.39, 0.29) is 29.9 Å². The lowest BCUT2D eigenvalue weighted by molar-refractivity contribution is -0.136. The van der Waals surface area contributed by atoms with E-state index in [0.29, 0.717) is 24.4 Å². The molecule has 1 fully saturated rings. The predicted octanol–water partition coefficient (Wildman–Crippen LogP) is 4.75. The van der Waals surface area contributed by atoms with Gasteiger partial charge in [-0.05, 0) is 39.5 Å². The van der Waals surface area contributed by atoms with Crippen LogP contribution < -0.4 is 10.6 Å². The molecule has 0 unspecified atom stereocenters. The molecular formula is C25H38IN5O2. The van der Waals surface area contributed by atoms with Crippen molar-refractivity contribution >= 4 is 35.8 Å². The number of guanidine groups is 1. The minimum absolute atomic E-state index is 0. The van der Waals surface area contributed by atoms with Crippen LogP contribution in [0.15, 0.2) is 39.9 Å². The van der Waals surface area contributed by atoms with Crippen molar-refractivity contribution in [2.24, 2.45) is 10.9 Å². The van der Waals surface area contributed by atoms with Gasteiger partial charge in [-0.15, -0.1) is 24.0 Å². The Bertz CT molecular complexity index is 884. The van der Waals surface area contributed by atoms with Crippen LogP contribution in [-0.4, -0.2) is 47.4 Å². The number of benzene rings is 1. The number of piperidine rings is 1. The second-order valence-corrected chi connectivity index (χ2v) is 8.44. The number of halogens is 1. The molecule has 0 saturated carbocycles. The normalized spacial score (nSPS) is 14.8. The van der Waals surface area contributed by atoms with Crippen molar-refractivity contribution in [3.63, 3.8) is 0 Å².